The monoisotopic (exact) mass is 473 g/mol. The first-order valence-electron chi connectivity index (χ1n) is 10.6. The molecular weight excluding hydrogens is 446 g/mol. The van der Waals surface area contributed by atoms with Gasteiger partial charge in [0.1, 0.15) is 5.75 Å². The van der Waals surface area contributed by atoms with Gasteiger partial charge in [0.2, 0.25) is 21.8 Å². The van der Waals surface area contributed by atoms with Gasteiger partial charge in [-0.2, -0.15) is 4.31 Å². The Morgan fingerprint density at radius 2 is 1.70 bits per heavy atom. The lowest BCUT2D eigenvalue weighted by atomic mass is 9.97. The number of hydrogen-bond donors (Lipinski definition) is 2. The van der Waals surface area contributed by atoms with Crippen LogP contribution in [0.15, 0.2) is 53.4 Å². The highest BCUT2D eigenvalue weighted by molar-refractivity contribution is 7.89. The molecule has 10 heteroatoms. The summed E-state index contributed by atoms with van der Waals surface area (Å²) in [4.78, 5) is 35.2. The van der Waals surface area contributed by atoms with Gasteiger partial charge in [-0.25, -0.2) is 8.42 Å². The summed E-state index contributed by atoms with van der Waals surface area (Å²) >= 11 is 0. The van der Waals surface area contributed by atoms with Gasteiger partial charge in [0.15, 0.2) is 5.78 Å². The van der Waals surface area contributed by atoms with Crippen LogP contribution in [-0.4, -0.2) is 50.0 Å². The Kier molecular flexibility index (Phi) is 7.83. The van der Waals surface area contributed by atoms with E-state index in [1.54, 1.807) is 24.3 Å². The van der Waals surface area contributed by atoms with Crippen molar-refractivity contribution in [1.82, 2.24) is 4.31 Å². The minimum atomic E-state index is -3.70. The standard InChI is InChI=1S/C23H27N3O6S/c1-16(27)17-6-8-19(9-7-17)33(30,31)26-13-10-18(11-14-26)23(29)25-20-4-2-3-5-21(20)32-15-12-22(24)28/h2-9,18H,10-15H2,1H3,(H2,24,28)(H,25,29). The van der Waals surface area contributed by atoms with Gasteiger partial charge in [0, 0.05) is 24.6 Å². The van der Waals surface area contributed by atoms with Gasteiger partial charge in [0.05, 0.1) is 23.6 Å². The summed E-state index contributed by atoms with van der Waals surface area (Å²) in [5.74, 6) is -0.751. The highest BCUT2D eigenvalue weighted by atomic mass is 32.2. The largest absolute Gasteiger partial charge is 0.491 e. The fourth-order valence-corrected chi connectivity index (χ4v) is 5.03. The molecule has 1 heterocycles. The Labute approximate surface area is 193 Å². The summed E-state index contributed by atoms with van der Waals surface area (Å²) in [5, 5.41) is 2.84. The Morgan fingerprint density at radius 1 is 1.06 bits per heavy atom. The van der Waals surface area contributed by atoms with Crippen molar-refractivity contribution in [2.75, 3.05) is 25.0 Å². The molecule has 0 bridgehead atoms. The molecule has 9 nitrogen and oxygen atoms in total. The molecule has 3 N–H and O–H groups in total. The molecule has 0 radical (unpaired) electrons. The van der Waals surface area contributed by atoms with Crippen LogP contribution in [0.1, 0.15) is 36.5 Å². The predicted octanol–water partition coefficient (Wildman–Crippen LogP) is 2.18. The molecule has 3 rings (SSSR count). The zero-order valence-electron chi connectivity index (χ0n) is 18.3. The SMILES string of the molecule is CC(=O)c1ccc(S(=O)(=O)N2CCC(C(=O)Nc3ccccc3OCCC(N)=O)CC2)cc1. The van der Waals surface area contributed by atoms with Crippen molar-refractivity contribution >= 4 is 33.3 Å². The molecule has 0 spiro atoms. The maximum absolute atomic E-state index is 12.9. The number of hydrogen-bond acceptors (Lipinski definition) is 6. The van der Waals surface area contributed by atoms with E-state index in [-0.39, 0.29) is 48.6 Å². The number of sulfonamides is 1. The topological polar surface area (TPSA) is 136 Å². The van der Waals surface area contributed by atoms with Gasteiger partial charge < -0.3 is 15.8 Å². The van der Waals surface area contributed by atoms with Crippen molar-refractivity contribution in [3.8, 4) is 5.75 Å². The van der Waals surface area contributed by atoms with Crippen LogP contribution in [0.2, 0.25) is 0 Å². The lowest BCUT2D eigenvalue weighted by molar-refractivity contribution is -0.121. The number of piperidine rings is 1. The smallest absolute Gasteiger partial charge is 0.243 e. The fourth-order valence-electron chi connectivity index (χ4n) is 3.56. The predicted molar refractivity (Wildman–Crippen MR) is 122 cm³/mol. The minimum absolute atomic E-state index is 0.0622. The summed E-state index contributed by atoms with van der Waals surface area (Å²) < 4.78 is 32.7. The molecule has 2 aromatic carbocycles. The number of amides is 2. The average molecular weight is 474 g/mol. The van der Waals surface area contributed by atoms with E-state index in [0.29, 0.717) is 29.8 Å². The third-order valence-electron chi connectivity index (χ3n) is 5.47. The molecular formula is C23H27N3O6S. The molecule has 1 aliphatic rings. The van der Waals surface area contributed by atoms with E-state index in [1.807, 2.05) is 0 Å². The Morgan fingerprint density at radius 3 is 2.30 bits per heavy atom. The van der Waals surface area contributed by atoms with Crippen molar-refractivity contribution in [3.63, 3.8) is 0 Å². The lowest BCUT2D eigenvalue weighted by Crippen LogP contribution is -2.41. The second-order valence-electron chi connectivity index (χ2n) is 7.81. The number of benzene rings is 2. The van der Waals surface area contributed by atoms with Gasteiger partial charge in [-0.15, -0.1) is 0 Å². The van der Waals surface area contributed by atoms with E-state index >= 15 is 0 Å². The number of nitrogens with one attached hydrogen (secondary N) is 1. The maximum Gasteiger partial charge on any atom is 0.243 e. The maximum atomic E-state index is 12.9. The molecule has 1 aliphatic heterocycles. The summed E-state index contributed by atoms with van der Waals surface area (Å²) in [6.07, 6.45) is 0.815. The summed E-state index contributed by atoms with van der Waals surface area (Å²) in [7, 11) is -3.70. The molecule has 0 unspecified atom stereocenters. The Hall–Kier alpha value is -3.24. The highest BCUT2D eigenvalue weighted by Crippen LogP contribution is 2.28. The molecule has 0 atom stereocenters. The minimum Gasteiger partial charge on any atom is -0.491 e. The second kappa shape index (κ2) is 10.6. The van der Waals surface area contributed by atoms with Crippen molar-refractivity contribution in [3.05, 3.63) is 54.1 Å². The number of Topliss-reactive ketones (excluding diaryl/α,β-unsaturated/α-hetero) is 1. The number of ether oxygens (including phenoxy) is 1. The normalized spacial score (nSPS) is 15.1. The number of primary amides is 1. The van der Waals surface area contributed by atoms with E-state index in [1.165, 1.54) is 35.5 Å². The first-order chi connectivity index (χ1) is 15.7. The van der Waals surface area contributed by atoms with E-state index in [4.69, 9.17) is 10.5 Å². The highest BCUT2D eigenvalue weighted by Gasteiger charge is 2.32. The Balaban J connectivity index is 1.59. The van der Waals surface area contributed by atoms with Crippen molar-refractivity contribution < 1.29 is 27.5 Å². The third kappa shape index (κ3) is 6.17. The number of nitrogens with two attached hydrogens (primary N) is 1. The van der Waals surface area contributed by atoms with Crippen LogP contribution >= 0.6 is 0 Å². The van der Waals surface area contributed by atoms with Gasteiger partial charge >= 0.3 is 0 Å². The van der Waals surface area contributed by atoms with Gasteiger partial charge in [-0.3, -0.25) is 14.4 Å². The second-order valence-corrected chi connectivity index (χ2v) is 9.75. The molecule has 2 amide bonds. The van der Waals surface area contributed by atoms with Crippen molar-refractivity contribution in [2.24, 2.45) is 11.7 Å². The number of carbonyl (C=O) groups excluding carboxylic acids is 3. The molecule has 0 aromatic heterocycles. The van der Waals surface area contributed by atoms with E-state index < -0.39 is 15.9 Å². The first-order valence-corrected chi connectivity index (χ1v) is 12.0. The quantitative estimate of drug-likeness (QED) is 0.536. The van der Waals surface area contributed by atoms with E-state index in [0.717, 1.165) is 0 Å². The molecule has 33 heavy (non-hydrogen) atoms. The first kappa shape index (κ1) is 24.4. The molecule has 1 saturated heterocycles. The number of carbonyl (C=O) groups is 3. The summed E-state index contributed by atoms with van der Waals surface area (Å²) in [6, 6.07) is 12.7. The van der Waals surface area contributed by atoms with Gasteiger partial charge in [0.25, 0.3) is 0 Å². The number of anilines is 1. The van der Waals surface area contributed by atoms with Crippen LogP contribution in [0, 0.1) is 5.92 Å². The fraction of sp³-hybridized carbons (Fsp3) is 0.348. The zero-order valence-corrected chi connectivity index (χ0v) is 19.1. The zero-order chi connectivity index (χ0) is 24.0. The van der Waals surface area contributed by atoms with E-state index in [9.17, 15) is 22.8 Å². The van der Waals surface area contributed by atoms with Crippen LogP contribution in [0.3, 0.4) is 0 Å². The molecule has 0 saturated carbocycles. The van der Waals surface area contributed by atoms with Gasteiger partial charge in [-0.05, 0) is 44.0 Å². The van der Waals surface area contributed by atoms with E-state index in [2.05, 4.69) is 5.32 Å². The number of para-hydroxylation sites is 2. The lowest BCUT2D eigenvalue weighted by Gasteiger charge is -2.30. The Bertz CT molecular complexity index is 1120. The van der Waals surface area contributed by atoms with Crippen LogP contribution in [-0.2, 0) is 19.6 Å². The number of nitrogens with zero attached hydrogens (tertiary/aromatic N) is 1. The van der Waals surface area contributed by atoms with Crippen LogP contribution < -0.4 is 15.8 Å². The summed E-state index contributed by atoms with van der Waals surface area (Å²) in [5.41, 5.74) is 6.05. The summed E-state index contributed by atoms with van der Waals surface area (Å²) in [6.45, 7) is 1.95. The van der Waals surface area contributed by atoms with Crippen LogP contribution in [0.5, 0.6) is 5.75 Å². The molecule has 2 aromatic rings. The third-order valence-corrected chi connectivity index (χ3v) is 7.39. The number of ketones is 1. The molecule has 1 fully saturated rings. The molecule has 176 valence electrons. The molecule has 0 aliphatic carbocycles. The van der Waals surface area contributed by atoms with Crippen LogP contribution in [0.25, 0.3) is 0 Å². The van der Waals surface area contributed by atoms with Crippen LogP contribution in [0.4, 0.5) is 5.69 Å². The van der Waals surface area contributed by atoms with Gasteiger partial charge in [-0.1, -0.05) is 24.3 Å². The van der Waals surface area contributed by atoms with Crippen molar-refractivity contribution in [2.45, 2.75) is 31.1 Å². The average Bonchev–Trinajstić information content (AvgIpc) is 2.80. The number of rotatable bonds is 9. The van der Waals surface area contributed by atoms with Crippen molar-refractivity contribution in [1.29, 1.82) is 0 Å².